The van der Waals surface area contributed by atoms with Gasteiger partial charge in [-0.2, -0.15) is 0 Å². The lowest BCUT2D eigenvalue weighted by Crippen LogP contribution is -2.30. The van der Waals surface area contributed by atoms with Crippen molar-refractivity contribution in [2.24, 2.45) is 0 Å². The van der Waals surface area contributed by atoms with Crippen molar-refractivity contribution in [3.8, 4) is 0 Å². The number of aromatic nitrogens is 1. The molecule has 0 aliphatic carbocycles. The Labute approximate surface area is 274 Å². The lowest BCUT2D eigenvalue weighted by atomic mass is 10.0. The van der Waals surface area contributed by atoms with E-state index in [9.17, 15) is 19.2 Å². The molecule has 0 aliphatic rings. The number of esters is 1. The highest BCUT2D eigenvalue weighted by atomic mass is 32.2. The molecule has 0 fully saturated rings. The van der Waals surface area contributed by atoms with Gasteiger partial charge in [-0.3, -0.25) is 19.2 Å². The molecule has 5 rings (SSSR count). The molecule has 0 aliphatic heterocycles. The second-order valence-electron chi connectivity index (χ2n) is 9.89. The first kappa shape index (κ1) is 32.1. The molecule has 4 aromatic carbocycles. The number of amides is 3. The van der Waals surface area contributed by atoms with Gasteiger partial charge in [-0.25, -0.2) is 4.98 Å². The zero-order chi connectivity index (χ0) is 32.3. The smallest absolute Gasteiger partial charge is 0.311 e. The lowest BCUT2D eigenvalue weighted by Gasteiger charge is -2.12. The zero-order valence-electron chi connectivity index (χ0n) is 24.8. The van der Waals surface area contributed by atoms with Gasteiger partial charge < -0.3 is 20.7 Å². The maximum Gasteiger partial charge on any atom is 0.311 e. The average Bonchev–Trinajstić information content (AvgIpc) is 3.50. The number of fused-ring (bicyclic) bond motifs is 1. The number of benzene rings is 4. The highest BCUT2D eigenvalue weighted by Crippen LogP contribution is 2.24. The Morgan fingerprint density at radius 3 is 2.39 bits per heavy atom. The summed E-state index contributed by atoms with van der Waals surface area (Å²) in [4.78, 5) is 55.7. The van der Waals surface area contributed by atoms with Gasteiger partial charge in [0.15, 0.2) is 5.13 Å². The minimum absolute atomic E-state index is 0.0533. The molecule has 0 saturated heterocycles. The van der Waals surface area contributed by atoms with Gasteiger partial charge in [0.25, 0.3) is 11.8 Å². The summed E-state index contributed by atoms with van der Waals surface area (Å²) in [6.45, 7) is 2.04. The van der Waals surface area contributed by atoms with Crippen LogP contribution in [0.2, 0.25) is 0 Å². The van der Waals surface area contributed by atoms with Gasteiger partial charge in [0.05, 0.1) is 24.5 Å². The fourth-order valence-corrected chi connectivity index (χ4v) is 5.84. The largest absolute Gasteiger partial charge is 0.466 e. The van der Waals surface area contributed by atoms with Crippen molar-refractivity contribution in [3.63, 3.8) is 0 Å². The number of anilines is 2. The maximum absolute atomic E-state index is 13.5. The monoisotopic (exact) mass is 650 g/mol. The third-order valence-electron chi connectivity index (χ3n) is 6.56. The number of rotatable bonds is 12. The number of hydrogen-bond acceptors (Lipinski definition) is 8. The van der Waals surface area contributed by atoms with Gasteiger partial charge in [-0.05, 0) is 65.7 Å². The Hall–Kier alpha value is -5.26. The number of carbonyl (C=O) groups excluding carboxylic acids is 4. The molecule has 1 aromatic heterocycles. The molecule has 0 bridgehead atoms. The summed E-state index contributed by atoms with van der Waals surface area (Å²) in [6, 6.07) is 29.4. The van der Waals surface area contributed by atoms with Crippen molar-refractivity contribution < 1.29 is 23.9 Å². The molecular formula is C35H30N4O5S2. The van der Waals surface area contributed by atoms with E-state index >= 15 is 0 Å². The van der Waals surface area contributed by atoms with Gasteiger partial charge in [0.2, 0.25) is 5.91 Å². The molecular weight excluding hydrogens is 621 g/mol. The first-order valence-electron chi connectivity index (χ1n) is 14.4. The summed E-state index contributed by atoms with van der Waals surface area (Å²) in [6.07, 6.45) is 1.72. The van der Waals surface area contributed by atoms with E-state index in [0.717, 1.165) is 21.2 Å². The number of ether oxygens (including phenoxy) is 1. The van der Waals surface area contributed by atoms with E-state index in [1.807, 2.05) is 48.5 Å². The minimum Gasteiger partial charge on any atom is -0.466 e. The Morgan fingerprint density at radius 1 is 0.870 bits per heavy atom. The predicted molar refractivity (Wildman–Crippen MR) is 183 cm³/mol. The summed E-state index contributed by atoms with van der Waals surface area (Å²) < 4.78 is 4.93. The molecule has 0 saturated carbocycles. The third kappa shape index (κ3) is 8.90. The predicted octanol–water partition coefficient (Wildman–Crippen LogP) is 6.54. The normalized spacial score (nSPS) is 11.1. The van der Waals surface area contributed by atoms with Gasteiger partial charge in [-0.15, -0.1) is 23.1 Å². The Morgan fingerprint density at radius 2 is 1.61 bits per heavy atom. The molecule has 1 heterocycles. The van der Waals surface area contributed by atoms with Gasteiger partial charge in [0.1, 0.15) is 5.70 Å². The van der Waals surface area contributed by atoms with Crippen LogP contribution in [0, 0.1) is 0 Å². The fourth-order valence-electron chi connectivity index (χ4n) is 4.42. The van der Waals surface area contributed by atoms with Gasteiger partial charge >= 0.3 is 5.97 Å². The fraction of sp³-hybridized carbons (Fsp3) is 0.114. The SMILES string of the molecule is CCOC(=O)Cc1csc(NC(=O)CSc2ccc(NC(=O)/C(=C/c3cccc4ccccc34)NC(=O)c3ccccc3)cc2)n1. The summed E-state index contributed by atoms with van der Waals surface area (Å²) >= 11 is 2.57. The van der Waals surface area contributed by atoms with E-state index < -0.39 is 11.8 Å². The standard InChI is InChI=1S/C35H30N4O5S2/c1-2-44-32(41)20-27-21-46-35(37-27)39-31(40)22-45-28-17-15-26(16-18-28)36-34(43)30(38-33(42)24-10-4-3-5-11-24)19-25-13-8-12-23-9-6-7-14-29(23)25/h3-19,21H,2,20,22H2,1H3,(H,36,43)(H,38,42)(H,37,39,40)/b30-19-. The molecule has 0 unspecified atom stereocenters. The van der Waals surface area contributed by atoms with Crippen LogP contribution < -0.4 is 16.0 Å². The Balaban J connectivity index is 1.22. The van der Waals surface area contributed by atoms with Crippen LogP contribution in [-0.2, 0) is 25.5 Å². The van der Waals surface area contributed by atoms with Crippen LogP contribution in [0.3, 0.4) is 0 Å². The van der Waals surface area contributed by atoms with Crippen molar-refractivity contribution >= 4 is 74.5 Å². The molecule has 0 radical (unpaired) electrons. The van der Waals surface area contributed by atoms with Crippen molar-refractivity contribution in [1.82, 2.24) is 10.3 Å². The van der Waals surface area contributed by atoms with Crippen molar-refractivity contribution in [1.29, 1.82) is 0 Å². The number of thioether (sulfide) groups is 1. The summed E-state index contributed by atoms with van der Waals surface area (Å²) in [5.41, 5.74) is 2.37. The zero-order valence-corrected chi connectivity index (χ0v) is 26.5. The van der Waals surface area contributed by atoms with Crippen LogP contribution in [0.25, 0.3) is 16.8 Å². The highest BCUT2D eigenvalue weighted by Gasteiger charge is 2.16. The van der Waals surface area contributed by atoms with Crippen molar-refractivity contribution in [2.45, 2.75) is 18.2 Å². The molecule has 3 N–H and O–H groups in total. The molecule has 3 amide bonds. The highest BCUT2D eigenvalue weighted by molar-refractivity contribution is 8.00. The molecule has 9 nitrogen and oxygen atoms in total. The van der Waals surface area contributed by atoms with Crippen LogP contribution in [0.4, 0.5) is 10.8 Å². The van der Waals surface area contributed by atoms with E-state index in [0.29, 0.717) is 28.7 Å². The van der Waals surface area contributed by atoms with Gasteiger partial charge in [0, 0.05) is 21.5 Å². The van der Waals surface area contributed by atoms with Crippen LogP contribution in [0.15, 0.2) is 113 Å². The first-order valence-corrected chi connectivity index (χ1v) is 16.2. The number of carbonyl (C=O) groups is 4. The van der Waals surface area contributed by atoms with Crippen LogP contribution in [0.5, 0.6) is 0 Å². The van der Waals surface area contributed by atoms with Crippen LogP contribution in [0.1, 0.15) is 28.5 Å². The molecule has 5 aromatic rings. The van der Waals surface area contributed by atoms with Crippen molar-refractivity contribution in [2.75, 3.05) is 23.0 Å². The van der Waals surface area contributed by atoms with E-state index in [4.69, 9.17) is 4.74 Å². The number of thiazole rings is 1. The van der Waals surface area contributed by atoms with Crippen LogP contribution in [-0.4, -0.2) is 41.0 Å². The molecule has 0 spiro atoms. The lowest BCUT2D eigenvalue weighted by molar-refractivity contribution is -0.142. The topological polar surface area (TPSA) is 126 Å². The summed E-state index contributed by atoms with van der Waals surface area (Å²) in [5, 5.41) is 12.5. The van der Waals surface area contributed by atoms with E-state index in [-0.39, 0.29) is 29.7 Å². The van der Waals surface area contributed by atoms with E-state index in [1.165, 1.54) is 23.1 Å². The molecule has 232 valence electrons. The minimum atomic E-state index is -0.484. The molecule has 0 atom stereocenters. The maximum atomic E-state index is 13.5. The average molecular weight is 651 g/mol. The first-order chi connectivity index (χ1) is 22.4. The van der Waals surface area contributed by atoms with Crippen molar-refractivity contribution in [3.05, 3.63) is 125 Å². The van der Waals surface area contributed by atoms with Gasteiger partial charge in [-0.1, -0.05) is 60.7 Å². The Bertz CT molecular complexity index is 1880. The quantitative estimate of drug-likeness (QED) is 0.0795. The molecule has 46 heavy (non-hydrogen) atoms. The number of nitrogens with one attached hydrogen (secondary N) is 3. The van der Waals surface area contributed by atoms with Crippen LogP contribution >= 0.6 is 23.1 Å². The second-order valence-corrected chi connectivity index (χ2v) is 11.8. The van der Waals surface area contributed by atoms with E-state index in [1.54, 1.807) is 66.9 Å². The Kier molecular flexibility index (Phi) is 10.9. The molecule has 11 heteroatoms. The summed E-state index contributed by atoms with van der Waals surface area (Å²) in [7, 11) is 0. The second kappa shape index (κ2) is 15.6. The summed E-state index contributed by atoms with van der Waals surface area (Å²) in [5.74, 6) is -1.35. The van der Waals surface area contributed by atoms with E-state index in [2.05, 4.69) is 20.9 Å². The number of nitrogens with zero attached hydrogens (tertiary/aromatic N) is 1. The third-order valence-corrected chi connectivity index (χ3v) is 8.38. The number of hydrogen-bond donors (Lipinski definition) is 3.